The van der Waals surface area contributed by atoms with Crippen molar-refractivity contribution in [2.75, 3.05) is 0 Å². The van der Waals surface area contributed by atoms with E-state index >= 15 is 0 Å². The zero-order valence-electron chi connectivity index (χ0n) is 12.6. The molecule has 7 nitrogen and oxygen atoms in total. The predicted octanol–water partition coefficient (Wildman–Crippen LogP) is 2.30. The molecule has 1 aliphatic carbocycles. The first-order valence-corrected chi connectivity index (χ1v) is 10.1. The molecule has 0 aromatic heterocycles. The topological polar surface area (TPSA) is 114 Å². The van der Waals surface area contributed by atoms with Gasteiger partial charge in [0.15, 0.2) is 0 Å². The normalized spacial score (nSPS) is 16.4. The van der Waals surface area contributed by atoms with Gasteiger partial charge >= 0.3 is 10.7 Å². The molecule has 25 heavy (non-hydrogen) atoms. The Morgan fingerprint density at radius 2 is 1.76 bits per heavy atom. The molecule has 0 N–H and O–H groups in total. The first kappa shape index (κ1) is 19.4. The maximum Gasteiger partial charge on any atom is 0.573 e. The molecule has 0 amide bonds. The van der Waals surface area contributed by atoms with Crippen LogP contribution in [0.4, 0.5) is 13.2 Å². The van der Waals surface area contributed by atoms with Crippen LogP contribution in [0.5, 0.6) is 5.75 Å². The quantitative estimate of drug-likeness (QED) is 0.335. The molecule has 138 valence electrons. The first-order chi connectivity index (χ1) is 11.5. The molecular formula is C13H13F3N2O5S2. The second kappa shape index (κ2) is 6.77. The number of hydrogen-bond donors (Lipinski definition) is 0. The lowest BCUT2D eigenvalue weighted by Gasteiger charge is -2.10. The summed E-state index contributed by atoms with van der Waals surface area (Å²) in [7, 11) is -9.32. The SMILES string of the molecule is [N-]=[N+]=C(S(=O)(=O)c1cccc(OC(F)(F)F)c1)S(=O)(=O)C1CCCC1. The summed E-state index contributed by atoms with van der Waals surface area (Å²) in [6.07, 6.45) is -3.45. The number of hydrogen-bond acceptors (Lipinski definition) is 5. The molecule has 2 rings (SSSR count). The van der Waals surface area contributed by atoms with Gasteiger partial charge in [0, 0.05) is 0 Å². The van der Waals surface area contributed by atoms with Crippen molar-refractivity contribution in [3.8, 4) is 5.75 Å². The average Bonchev–Trinajstić information content (AvgIpc) is 3.00. The van der Waals surface area contributed by atoms with Crippen molar-refractivity contribution >= 4 is 24.1 Å². The average molecular weight is 398 g/mol. The molecule has 0 heterocycles. The Bertz CT molecular complexity index is 913. The lowest BCUT2D eigenvalue weighted by Crippen LogP contribution is -2.33. The molecule has 0 radical (unpaired) electrons. The lowest BCUT2D eigenvalue weighted by atomic mass is 10.3. The Morgan fingerprint density at radius 1 is 1.16 bits per heavy atom. The van der Waals surface area contributed by atoms with E-state index in [1.807, 2.05) is 0 Å². The van der Waals surface area contributed by atoms with Gasteiger partial charge in [0.2, 0.25) is 0 Å². The first-order valence-electron chi connectivity index (χ1n) is 7.05. The summed E-state index contributed by atoms with van der Waals surface area (Å²) in [5, 5.41) is -1.01. The van der Waals surface area contributed by atoms with E-state index in [9.17, 15) is 30.0 Å². The zero-order valence-corrected chi connectivity index (χ0v) is 14.2. The number of alkyl halides is 3. The van der Waals surface area contributed by atoms with Crippen LogP contribution < -0.4 is 4.74 Å². The number of halogens is 3. The summed E-state index contributed by atoms with van der Waals surface area (Å²) >= 11 is 0. The fourth-order valence-electron chi connectivity index (χ4n) is 2.54. The third-order valence-corrected chi connectivity index (χ3v) is 8.33. The van der Waals surface area contributed by atoms with Crippen LogP contribution in [0.3, 0.4) is 0 Å². The molecular weight excluding hydrogens is 385 g/mol. The molecule has 0 aliphatic heterocycles. The van der Waals surface area contributed by atoms with Gasteiger partial charge in [0.05, 0.1) is 10.1 Å². The van der Waals surface area contributed by atoms with Crippen molar-refractivity contribution in [3.63, 3.8) is 0 Å². The van der Waals surface area contributed by atoms with Gasteiger partial charge in [-0.25, -0.2) is 16.8 Å². The van der Waals surface area contributed by atoms with Crippen LogP contribution in [-0.2, 0) is 19.7 Å². The monoisotopic (exact) mass is 398 g/mol. The van der Waals surface area contributed by atoms with Crippen molar-refractivity contribution in [2.45, 2.75) is 42.2 Å². The molecule has 0 saturated heterocycles. The van der Waals surface area contributed by atoms with Gasteiger partial charge in [-0.3, -0.25) is 0 Å². The fourth-order valence-corrected chi connectivity index (χ4v) is 6.66. The number of nitrogens with zero attached hydrogens (tertiary/aromatic N) is 2. The highest BCUT2D eigenvalue weighted by molar-refractivity contribution is 8.31. The van der Waals surface area contributed by atoms with E-state index < -0.39 is 46.3 Å². The summed E-state index contributed by atoms with van der Waals surface area (Å²) in [5.74, 6) is -0.843. The summed E-state index contributed by atoms with van der Waals surface area (Å²) < 4.78 is 88.7. The molecule has 1 saturated carbocycles. The predicted molar refractivity (Wildman–Crippen MR) is 80.1 cm³/mol. The van der Waals surface area contributed by atoms with Crippen molar-refractivity contribution in [2.24, 2.45) is 0 Å². The van der Waals surface area contributed by atoms with Gasteiger partial charge in [-0.15, -0.1) is 18.0 Å². The summed E-state index contributed by atoms with van der Waals surface area (Å²) in [6.45, 7) is 0. The minimum absolute atomic E-state index is 0.216. The molecule has 0 spiro atoms. The van der Waals surface area contributed by atoms with Crippen molar-refractivity contribution in [1.29, 1.82) is 0 Å². The van der Waals surface area contributed by atoms with Gasteiger partial charge in [-0.2, -0.15) is 0 Å². The van der Waals surface area contributed by atoms with E-state index in [-0.39, 0.29) is 12.8 Å². The maximum absolute atomic E-state index is 12.5. The van der Waals surface area contributed by atoms with E-state index in [0.29, 0.717) is 18.9 Å². The third-order valence-electron chi connectivity index (χ3n) is 3.65. The summed E-state index contributed by atoms with van der Waals surface area (Å²) in [5.41, 5.74) is 8.99. The van der Waals surface area contributed by atoms with E-state index in [2.05, 4.69) is 9.53 Å². The highest BCUT2D eigenvalue weighted by atomic mass is 32.3. The van der Waals surface area contributed by atoms with Crippen molar-refractivity contribution in [1.82, 2.24) is 0 Å². The molecule has 1 aromatic rings. The van der Waals surface area contributed by atoms with E-state index in [1.54, 1.807) is 0 Å². The highest BCUT2D eigenvalue weighted by Crippen LogP contribution is 2.30. The van der Waals surface area contributed by atoms with E-state index in [4.69, 9.17) is 5.53 Å². The van der Waals surface area contributed by atoms with Crippen LogP contribution in [-0.4, -0.2) is 37.6 Å². The zero-order chi connectivity index (χ0) is 18.9. The third kappa shape index (κ3) is 4.20. The van der Waals surface area contributed by atoms with Crippen LogP contribution in [0.25, 0.3) is 5.53 Å². The minimum Gasteiger partial charge on any atom is -0.406 e. The maximum atomic E-state index is 12.5. The van der Waals surface area contributed by atoms with E-state index in [1.165, 1.54) is 0 Å². The van der Waals surface area contributed by atoms with Crippen molar-refractivity contribution < 1.29 is 39.5 Å². The van der Waals surface area contributed by atoms with Gasteiger partial charge in [-0.05, 0) is 31.0 Å². The molecule has 0 bridgehead atoms. The van der Waals surface area contributed by atoms with Crippen LogP contribution >= 0.6 is 0 Å². The molecule has 1 fully saturated rings. The minimum atomic E-state index is -5.05. The lowest BCUT2D eigenvalue weighted by molar-refractivity contribution is -0.274. The van der Waals surface area contributed by atoms with Crippen LogP contribution in [0.2, 0.25) is 0 Å². The Morgan fingerprint density at radius 3 is 2.28 bits per heavy atom. The number of benzene rings is 1. The van der Waals surface area contributed by atoms with Crippen molar-refractivity contribution in [3.05, 3.63) is 29.8 Å². The number of rotatable bonds is 3. The second-order valence-corrected chi connectivity index (χ2v) is 9.61. The summed E-state index contributed by atoms with van der Waals surface area (Å²) in [4.78, 5) is 1.65. The van der Waals surface area contributed by atoms with Gasteiger partial charge in [-0.1, -0.05) is 18.9 Å². The van der Waals surface area contributed by atoms with Gasteiger partial charge < -0.3 is 10.3 Å². The summed E-state index contributed by atoms with van der Waals surface area (Å²) in [6, 6.07) is 3.20. The van der Waals surface area contributed by atoms with Crippen LogP contribution in [0, 0.1) is 0 Å². The Balaban J connectivity index is 2.46. The number of sulfone groups is 2. The van der Waals surface area contributed by atoms with Gasteiger partial charge in [0.1, 0.15) is 5.75 Å². The highest BCUT2D eigenvalue weighted by Gasteiger charge is 2.48. The van der Waals surface area contributed by atoms with E-state index in [0.717, 1.165) is 18.2 Å². The molecule has 0 atom stereocenters. The molecule has 1 aromatic carbocycles. The second-order valence-electron chi connectivity index (χ2n) is 5.34. The Hall–Kier alpha value is -1.91. The van der Waals surface area contributed by atoms with Crippen LogP contribution in [0.1, 0.15) is 25.7 Å². The van der Waals surface area contributed by atoms with Crippen LogP contribution in [0.15, 0.2) is 29.2 Å². The molecule has 12 heteroatoms. The smallest absolute Gasteiger partial charge is 0.406 e. The standard InChI is InChI=1S/C13H13F3N2O5S2/c14-13(15,16)23-9-4-3-7-11(8-9)25(21,22)12(18-17)24(19,20)10-5-1-2-6-10/h3-4,7-8,10H,1-2,5-6H2. The fraction of sp³-hybridized carbons (Fsp3) is 0.462. The van der Waals surface area contributed by atoms with Gasteiger partial charge in [0.25, 0.3) is 19.7 Å². The Kier molecular flexibility index (Phi) is 5.26. The Labute approximate surface area is 141 Å². The molecule has 1 aliphatic rings. The number of ether oxygens (including phenoxy) is 1. The molecule has 0 unspecified atom stereocenters. The largest absolute Gasteiger partial charge is 0.573 e.